The third-order valence-electron chi connectivity index (χ3n) is 2.49. The van der Waals surface area contributed by atoms with Crippen LogP contribution in [-0.4, -0.2) is 5.71 Å². The van der Waals surface area contributed by atoms with Crippen LogP contribution in [0.1, 0.15) is 31.9 Å². The van der Waals surface area contributed by atoms with Gasteiger partial charge in [0.25, 0.3) is 5.92 Å². The molecule has 0 aliphatic heterocycles. The van der Waals surface area contributed by atoms with Crippen LogP contribution in [0.15, 0.2) is 18.2 Å². The Hall–Kier alpha value is -1.32. The summed E-state index contributed by atoms with van der Waals surface area (Å²) in [4.78, 5) is 0. The SMILES string of the molecule is CC(=N)c1cccc(C(F)(F)C(C)C)c1F. The van der Waals surface area contributed by atoms with Crippen molar-refractivity contribution in [3.63, 3.8) is 0 Å². The highest BCUT2D eigenvalue weighted by molar-refractivity contribution is 5.96. The lowest BCUT2D eigenvalue weighted by atomic mass is 9.94. The quantitative estimate of drug-likeness (QED) is 0.758. The second kappa shape index (κ2) is 4.28. The fraction of sp³-hybridized carbons (Fsp3) is 0.417. The van der Waals surface area contributed by atoms with Crippen molar-refractivity contribution in [2.45, 2.75) is 26.7 Å². The van der Waals surface area contributed by atoms with Gasteiger partial charge in [-0.2, -0.15) is 0 Å². The highest BCUT2D eigenvalue weighted by Gasteiger charge is 2.38. The van der Waals surface area contributed by atoms with Gasteiger partial charge in [0, 0.05) is 17.2 Å². The van der Waals surface area contributed by atoms with Crippen molar-refractivity contribution in [2.75, 3.05) is 0 Å². The van der Waals surface area contributed by atoms with Crippen molar-refractivity contribution >= 4 is 5.71 Å². The molecule has 0 fully saturated rings. The van der Waals surface area contributed by atoms with Crippen molar-refractivity contribution in [2.24, 2.45) is 5.92 Å². The summed E-state index contributed by atoms with van der Waals surface area (Å²) in [5.41, 5.74) is -0.761. The molecule has 0 saturated heterocycles. The molecule has 16 heavy (non-hydrogen) atoms. The van der Waals surface area contributed by atoms with Gasteiger partial charge in [0.15, 0.2) is 0 Å². The smallest absolute Gasteiger partial charge is 0.278 e. The number of hydrogen-bond acceptors (Lipinski definition) is 1. The number of alkyl halides is 2. The van der Waals surface area contributed by atoms with E-state index in [1.807, 2.05) is 0 Å². The van der Waals surface area contributed by atoms with Gasteiger partial charge in [-0.1, -0.05) is 32.0 Å². The van der Waals surface area contributed by atoms with Gasteiger partial charge in [0.2, 0.25) is 0 Å². The van der Waals surface area contributed by atoms with E-state index >= 15 is 0 Å². The Morgan fingerprint density at radius 1 is 1.31 bits per heavy atom. The van der Waals surface area contributed by atoms with E-state index in [-0.39, 0.29) is 11.3 Å². The first-order chi connectivity index (χ1) is 7.28. The first kappa shape index (κ1) is 12.7. The molecule has 0 heterocycles. The Bertz CT molecular complexity index is 411. The van der Waals surface area contributed by atoms with Crippen LogP contribution >= 0.6 is 0 Å². The molecule has 4 heteroatoms. The van der Waals surface area contributed by atoms with Crippen LogP contribution in [0.25, 0.3) is 0 Å². The van der Waals surface area contributed by atoms with Crippen LogP contribution in [0.2, 0.25) is 0 Å². The summed E-state index contributed by atoms with van der Waals surface area (Å²) in [6.45, 7) is 4.04. The molecule has 1 aromatic carbocycles. The lowest BCUT2D eigenvalue weighted by molar-refractivity contribution is -0.0543. The van der Waals surface area contributed by atoms with E-state index < -0.39 is 23.2 Å². The summed E-state index contributed by atoms with van der Waals surface area (Å²) < 4.78 is 41.1. The second-order valence-corrected chi connectivity index (χ2v) is 4.07. The van der Waals surface area contributed by atoms with E-state index in [4.69, 9.17) is 5.41 Å². The summed E-state index contributed by atoms with van der Waals surface area (Å²) in [6.07, 6.45) is 0. The predicted molar refractivity (Wildman–Crippen MR) is 57.6 cm³/mol. The van der Waals surface area contributed by atoms with E-state index in [9.17, 15) is 13.2 Å². The number of benzene rings is 1. The van der Waals surface area contributed by atoms with Crippen molar-refractivity contribution in [1.29, 1.82) is 5.41 Å². The highest BCUT2D eigenvalue weighted by Crippen LogP contribution is 2.37. The van der Waals surface area contributed by atoms with E-state index in [0.29, 0.717) is 0 Å². The third-order valence-corrected chi connectivity index (χ3v) is 2.49. The number of rotatable bonds is 3. The average molecular weight is 229 g/mol. The monoisotopic (exact) mass is 229 g/mol. The molecule has 0 aliphatic rings. The normalized spacial score (nSPS) is 11.9. The number of nitrogens with one attached hydrogen (secondary N) is 1. The van der Waals surface area contributed by atoms with Gasteiger partial charge in [-0.15, -0.1) is 0 Å². The minimum atomic E-state index is -3.21. The van der Waals surface area contributed by atoms with Crippen LogP contribution in [0.3, 0.4) is 0 Å². The Labute approximate surface area is 92.8 Å². The zero-order chi connectivity index (χ0) is 12.5. The molecule has 0 spiro atoms. The van der Waals surface area contributed by atoms with Crippen molar-refractivity contribution in [1.82, 2.24) is 0 Å². The summed E-state index contributed by atoms with van der Waals surface area (Å²) in [6, 6.07) is 3.75. The highest BCUT2D eigenvalue weighted by atomic mass is 19.3. The predicted octanol–water partition coefficient (Wildman–Crippen LogP) is 3.96. The molecule has 88 valence electrons. The molecule has 0 radical (unpaired) electrons. The molecule has 0 bridgehead atoms. The van der Waals surface area contributed by atoms with Gasteiger partial charge in [0.1, 0.15) is 5.82 Å². The molecular formula is C12H14F3N. The minimum absolute atomic E-state index is 0.0566. The molecule has 1 aromatic rings. The molecule has 0 saturated carbocycles. The van der Waals surface area contributed by atoms with Crippen LogP contribution in [-0.2, 0) is 5.92 Å². The molecule has 0 atom stereocenters. The molecule has 0 unspecified atom stereocenters. The Morgan fingerprint density at radius 2 is 1.88 bits per heavy atom. The fourth-order valence-corrected chi connectivity index (χ4v) is 1.39. The molecule has 1 rings (SSSR count). The Kier molecular flexibility index (Phi) is 3.41. The maximum Gasteiger partial charge on any atom is 0.278 e. The van der Waals surface area contributed by atoms with Crippen LogP contribution in [0.5, 0.6) is 0 Å². The average Bonchev–Trinajstić information content (AvgIpc) is 2.16. The molecular weight excluding hydrogens is 215 g/mol. The zero-order valence-corrected chi connectivity index (χ0v) is 9.44. The largest absolute Gasteiger partial charge is 0.305 e. The van der Waals surface area contributed by atoms with Gasteiger partial charge in [-0.05, 0) is 6.92 Å². The third kappa shape index (κ3) is 2.10. The van der Waals surface area contributed by atoms with Crippen LogP contribution in [0, 0.1) is 17.1 Å². The summed E-state index contributed by atoms with van der Waals surface area (Å²) in [7, 11) is 0. The van der Waals surface area contributed by atoms with Crippen molar-refractivity contribution in [3.8, 4) is 0 Å². The standard InChI is InChI=1S/C12H14F3N/c1-7(2)12(14,15)10-6-4-5-9(8(3)16)11(10)13/h4-7,16H,1-3H3. The first-order valence-corrected chi connectivity index (χ1v) is 5.00. The molecule has 1 N–H and O–H groups in total. The van der Waals surface area contributed by atoms with Crippen molar-refractivity contribution < 1.29 is 13.2 Å². The van der Waals surface area contributed by atoms with E-state index in [1.54, 1.807) is 0 Å². The van der Waals surface area contributed by atoms with E-state index in [1.165, 1.54) is 32.9 Å². The van der Waals surface area contributed by atoms with Gasteiger partial charge in [0.05, 0.1) is 5.56 Å². The van der Waals surface area contributed by atoms with Crippen molar-refractivity contribution in [3.05, 3.63) is 35.1 Å². The molecule has 0 amide bonds. The maximum absolute atomic E-state index is 13.8. The Balaban J connectivity index is 3.36. The van der Waals surface area contributed by atoms with Gasteiger partial charge >= 0.3 is 0 Å². The minimum Gasteiger partial charge on any atom is -0.305 e. The zero-order valence-electron chi connectivity index (χ0n) is 9.44. The lowest BCUT2D eigenvalue weighted by Crippen LogP contribution is -2.23. The molecule has 0 aromatic heterocycles. The van der Waals surface area contributed by atoms with Gasteiger partial charge < -0.3 is 5.41 Å². The first-order valence-electron chi connectivity index (χ1n) is 5.00. The van der Waals surface area contributed by atoms with Gasteiger partial charge in [-0.25, -0.2) is 13.2 Å². The summed E-state index contributed by atoms with van der Waals surface area (Å²) in [5.74, 6) is -5.19. The summed E-state index contributed by atoms with van der Waals surface area (Å²) in [5, 5.41) is 7.30. The van der Waals surface area contributed by atoms with Gasteiger partial charge in [-0.3, -0.25) is 0 Å². The lowest BCUT2D eigenvalue weighted by Gasteiger charge is -2.22. The molecule has 1 nitrogen and oxygen atoms in total. The van der Waals surface area contributed by atoms with Crippen LogP contribution in [0.4, 0.5) is 13.2 Å². The number of hydrogen-bond donors (Lipinski definition) is 1. The second-order valence-electron chi connectivity index (χ2n) is 4.07. The fourth-order valence-electron chi connectivity index (χ4n) is 1.39. The Morgan fingerprint density at radius 3 is 2.31 bits per heavy atom. The molecule has 0 aliphatic carbocycles. The van der Waals surface area contributed by atoms with E-state index in [0.717, 1.165) is 6.07 Å². The van der Waals surface area contributed by atoms with E-state index in [2.05, 4.69) is 0 Å². The summed E-state index contributed by atoms with van der Waals surface area (Å²) >= 11 is 0. The van der Waals surface area contributed by atoms with Crippen LogP contribution < -0.4 is 0 Å². The topological polar surface area (TPSA) is 23.9 Å². The number of halogens is 3. The maximum atomic E-state index is 13.8.